The van der Waals surface area contributed by atoms with Gasteiger partial charge in [-0.15, -0.1) is 0 Å². The van der Waals surface area contributed by atoms with Crippen LogP contribution in [-0.2, 0) is 0 Å². The first-order valence-corrected chi connectivity index (χ1v) is 4.27. The third-order valence-electron chi connectivity index (χ3n) is 1.82. The minimum absolute atomic E-state index is 1.08. The molecule has 0 saturated heterocycles. The lowest BCUT2D eigenvalue weighted by molar-refractivity contribution is 0.811. The summed E-state index contributed by atoms with van der Waals surface area (Å²) in [7, 11) is 0. The van der Waals surface area contributed by atoms with Crippen LogP contribution >= 0.6 is 0 Å². The molecule has 0 amide bonds. The van der Waals surface area contributed by atoms with Crippen LogP contribution in [0.1, 0.15) is 20.3 Å². The summed E-state index contributed by atoms with van der Waals surface area (Å²) in [4.78, 5) is 2.01. The molecule has 0 aromatic rings. The van der Waals surface area contributed by atoms with Crippen molar-refractivity contribution in [3.63, 3.8) is 0 Å². The maximum absolute atomic E-state index is 3.68. The van der Waals surface area contributed by atoms with Crippen LogP contribution in [-0.4, -0.2) is 4.90 Å². The third-order valence-corrected chi connectivity index (χ3v) is 1.82. The van der Waals surface area contributed by atoms with Gasteiger partial charge in [0.1, 0.15) is 0 Å². The molecule has 1 nitrogen and oxygen atoms in total. The number of hydrogen-bond acceptors (Lipinski definition) is 1. The summed E-state index contributed by atoms with van der Waals surface area (Å²) in [5.41, 5.74) is 2.60. The van der Waals surface area contributed by atoms with Crippen molar-refractivity contribution < 1.29 is 0 Å². The van der Waals surface area contributed by atoms with Gasteiger partial charge < -0.3 is 4.90 Å². The van der Waals surface area contributed by atoms with Gasteiger partial charge in [-0.25, -0.2) is 0 Å². The first-order valence-electron chi connectivity index (χ1n) is 4.27. The number of nitrogens with zero attached hydrogens (tertiary/aromatic N) is 1. The Morgan fingerprint density at radius 1 is 1.67 bits per heavy atom. The van der Waals surface area contributed by atoms with Gasteiger partial charge in [0.15, 0.2) is 0 Å². The molecule has 1 heterocycles. The molecule has 0 radical (unpaired) electrons. The standard InChI is InChI=1S/C11H15N/c1-4-7-10(5-2)8-11-9-12(11)6-3/h4,6-9H,3,5H2,1-2H3/b7-4+,10-8-. The summed E-state index contributed by atoms with van der Waals surface area (Å²) in [6, 6.07) is 0. The summed E-state index contributed by atoms with van der Waals surface area (Å²) in [5.74, 6) is 0. The smallest absolute Gasteiger partial charge is 0.0619 e. The average molecular weight is 161 g/mol. The minimum atomic E-state index is 1.08. The molecule has 0 spiro atoms. The molecular formula is C11H15N. The zero-order valence-corrected chi connectivity index (χ0v) is 7.75. The van der Waals surface area contributed by atoms with E-state index in [9.17, 15) is 0 Å². The molecule has 0 aromatic carbocycles. The van der Waals surface area contributed by atoms with Crippen molar-refractivity contribution in [3.05, 3.63) is 48.5 Å². The second-order valence-electron chi connectivity index (χ2n) is 2.72. The lowest BCUT2D eigenvalue weighted by Crippen LogP contribution is -1.83. The van der Waals surface area contributed by atoms with Crippen LogP contribution < -0.4 is 0 Å². The van der Waals surface area contributed by atoms with Crippen molar-refractivity contribution in [1.29, 1.82) is 0 Å². The van der Waals surface area contributed by atoms with Gasteiger partial charge in [0.2, 0.25) is 0 Å². The Labute approximate surface area is 74.4 Å². The van der Waals surface area contributed by atoms with Crippen molar-refractivity contribution >= 4 is 0 Å². The van der Waals surface area contributed by atoms with Crippen LogP contribution in [0.5, 0.6) is 0 Å². The monoisotopic (exact) mass is 161 g/mol. The number of rotatable bonds is 4. The Bertz CT molecular complexity index is 256. The van der Waals surface area contributed by atoms with Crippen LogP contribution in [0.3, 0.4) is 0 Å². The molecule has 1 aliphatic rings. The van der Waals surface area contributed by atoms with E-state index >= 15 is 0 Å². The Balaban J connectivity index is 2.55. The largest absolute Gasteiger partial charge is 0.321 e. The van der Waals surface area contributed by atoms with Crippen molar-refractivity contribution in [2.24, 2.45) is 0 Å². The molecule has 1 rings (SSSR count). The summed E-state index contributed by atoms with van der Waals surface area (Å²) in [6.07, 6.45) is 11.3. The van der Waals surface area contributed by atoms with E-state index in [1.807, 2.05) is 18.0 Å². The minimum Gasteiger partial charge on any atom is -0.321 e. The van der Waals surface area contributed by atoms with Crippen LogP contribution in [0.15, 0.2) is 48.5 Å². The van der Waals surface area contributed by atoms with Gasteiger partial charge in [-0.2, -0.15) is 0 Å². The van der Waals surface area contributed by atoms with Crippen LogP contribution in [0.25, 0.3) is 0 Å². The van der Waals surface area contributed by atoms with Crippen LogP contribution in [0.2, 0.25) is 0 Å². The molecule has 0 saturated carbocycles. The van der Waals surface area contributed by atoms with E-state index in [1.54, 1.807) is 0 Å². The van der Waals surface area contributed by atoms with E-state index in [0.717, 1.165) is 6.42 Å². The molecule has 1 aliphatic heterocycles. The Morgan fingerprint density at radius 2 is 2.42 bits per heavy atom. The average Bonchev–Trinajstić information content (AvgIpc) is 2.82. The van der Waals surface area contributed by atoms with E-state index in [2.05, 4.69) is 37.9 Å². The molecule has 0 atom stereocenters. The molecule has 64 valence electrons. The summed E-state index contributed by atoms with van der Waals surface area (Å²) >= 11 is 0. The van der Waals surface area contributed by atoms with E-state index in [1.165, 1.54) is 11.3 Å². The molecule has 0 unspecified atom stereocenters. The molecule has 1 heteroatoms. The lowest BCUT2D eigenvalue weighted by atomic mass is 10.2. The summed E-state index contributed by atoms with van der Waals surface area (Å²) < 4.78 is 0. The highest BCUT2D eigenvalue weighted by Gasteiger charge is 2.13. The SMILES string of the molecule is C=CN1C=C1/C=C(\C=C\C)CC. The molecule has 0 fully saturated rings. The van der Waals surface area contributed by atoms with Crippen molar-refractivity contribution in [3.8, 4) is 0 Å². The van der Waals surface area contributed by atoms with Gasteiger partial charge in [0.25, 0.3) is 0 Å². The first kappa shape index (κ1) is 8.85. The lowest BCUT2D eigenvalue weighted by Gasteiger charge is -1.96. The molecule has 0 N–H and O–H groups in total. The van der Waals surface area contributed by atoms with Gasteiger partial charge in [0, 0.05) is 12.4 Å². The number of hydrogen-bond donors (Lipinski definition) is 0. The van der Waals surface area contributed by atoms with Gasteiger partial charge in [-0.1, -0.05) is 25.7 Å². The van der Waals surface area contributed by atoms with Crippen molar-refractivity contribution in [1.82, 2.24) is 4.90 Å². The zero-order chi connectivity index (χ0) is 8.97. The van der Waals surface area contributed by atoms with E-state index in [-0.39, 0.29) is 0 Å². The van der Waals surface area contributed by atoms with Gasteiger partial charge in [0.05, 0.1) is 5.70 Å². The highest BCUT2D eigenvalue weighted by Crippen LogP contribution is 2.24. The topological polar surface area (TPSA) is 3.01 Å². The predicted octanol–water partition coefficient (Wildman–Crippen LogP) is 3.20. The van der Waals surface area contributed by atoms with Crippen molar-refractivity contribution in [2.45, 2.75) is 20.3 Å². The van der Waals surface area contributed by atoms with Crippen LogP contribution in [0, 0.1) is 0 Å². The second-order valence-corrected chi connectivity index (χ2v) is 2.72. The zero-order valence-electron chi connectivity index (χ0n) is 7.75. The van der Waals surface area contributed by atoms with E-state index in [0.29, 0.717) is 0 Å². The maximum Gasteiger partial charge on any atom is 0.0619 e. The van der Waals surface area contributed by atoms with E-state index in [4.69, 9.17) is 0 Å². The Morgan fingerprint density at radius 3 is 2.83 bits per heavy atom. The summed E-state index contributed by atoms with van der Waals surface area (Å²) in [5, 5.41) is 0. The molecule has 0 bridgehead atoms. The van der Waals surface area contributed by atoms with E-state index < -0.39 is 0 Å². The fourth-order valence-electron chi connectivity index (χ4n) is 1.06. The predicted molar refractivity (Wildman–Crippen MR) is 53.3 cm³/mol. The first-order chi connectivity index (χ1) is 5.81. The highest BCUT2D eigenvalue weighted by atomic mass is 15.2. The summed E-state index contributed by atoms with van der Waals surface area (Å²) in [6.45, 7) is 7.88. The molecular weight excluding hydrogens is 146 g/mol. The molecule has 0 aromatic heterocycles. The fraction of sp³-hybridized carbons (Fsp3) is 0.273. The normalized spacial score (nSPS) is 16.7. The highest BCUT2D eigenvalue weighted by molar-refractivity contribution is 5.38. The van der Waals surface area contributed by atoms with Crippen LogP contribution in [0.4, 0.5) is 0 Å². The van der Waals surface area contributed by atoms with Gasteiger partial charge >= 0.3 is 0 Å². The maximum atomic E-state index is 3.68. The van der Waals surface area contributed by atoms with Gasteiger partial charge in [-0.05, 0) is 25.0 Å². The van der Waals surface area contributed by atoms with Gasteiger partial charge in [-0.3, -0.25) is 0 Å². The number of allylic oxidation sites excluding steroid dienone is 4. The fourth-order valence-corrected chi connectivity index (χ4v) is 1.06. The Kier molecular flexibility index (Phi) is 2.92. The molecule has 0 aliphatic carbocycles. The van der Waals surface area contributed by atoms with Crippen molar-refractivity contribution in [2.75, 3.05) is 0 Å². The quantitative estimate of drug-likeness (QED) is 0.572. The Hall–Kier alpha value is -1.24. The molecule has 12 heavy (non-hydrogen) atoms. The third kappa shape index (κ3) is 2.12. The second kappa shape index (κ2) is 3.96.